The minimum atomic E-state index is -0.0142. The summed E-state index contributed by atoms with van der Waals surface area (Å²) in [5.41, 5.74) is 8.04. The second-order valence-corrected chi connectivity index (χ2v) is 4.48. The largest absolute Gasteiger partial charge is 0.497 e. The van der Waals surface area contributed by atoms with Crippen LogP contribution >= 0.6 is 0 Å². The Morgan fingerprint density at radius 1 is 1.35 bits per heavy atom. The molecule has 0 aliphatic rings. The van der Waals surface area contributed by atoms with E-state index in [0.717, 1.165) is 17.0 Å². The van der Waals surface area contributed by atoms with Crippen LogP contribution in [0.5, 0.6) is 5.75 Å². The SMILES string of the molecule is COc1cccc(N(C)Cc2cccnc2C(=N)N)c1. The van der Waals surface area contributed by atoms with Crippen molar-refractivity contribution in [3.63, 3.8) is 0 Å². The zero-order valence-electron chi connectivity index (χ0n) is 11.6. The number of hydrogen-bond donors (Lipinski definition) is 2. The molecule has 0 saturated heterocycles. The lowest BCUT2D eigenvalue weighted by Gasteiger charge is -2.21. The predicted molar refractivity (Wildman–Crippen MR) is 80.4 cm³/mol. The number of methoxy groups -OCH3 is 1. The number of nitrogens with two attached hydrogens (primary N) is 1. The quantitative estimate of drug-likeness (QED) is 0.643. The van der Waals surface area contributed by atoms with Crippen molar-refractivity contribution in [2.75, 3.05) is 19.1 Å². The first-order valence-electron chi connectivity index (χ1n) is 6.25. The average molecular weight is 270 g/mol. The number of amidine groups is 1. The van der Waals surface area contributed by atoms with Gasteiger partial charge < -0.3 is 15.4 Å². The van der Waals surface area contributed by atoms with Crippen LogP contribution < -0.4 is 15.4 Å². The van der Waals surface area contributed by atoms with Gasteiger partial charge in [0.15, 0.2) is 0 Å². The molecule has 3 N–H and O–H groups in total. The van der Waals surface area contributed by atoms with E-state index in [1.165, 1.54) is 0 Å². The number of aromatic nitrogens is 1. The number of anilines is 1. The molecule has 0 amide bonds. The highest BCUT2D eigenvalue weighted by Crippen LogP contribution is 2.21. The summed E-state index contributed by atoms with van der Waals surface area (Å²) in [4.78, 5) is 6.22. The molecule has 2 aromatic rings. The maximum absolute atomic E-state index is 7.57. The van der Waals surface area contributed by atoms with Crippen LogP contribution in [-0.2, 0) is 6.54 Å². The third kappa shape index (κ3) is 3.06. The summed E-state index contributed by atoms with van der Waals surface area (Å²) >= 11 is 0. The molecular formula is C15H18N4O. The van der Waals surface area contributed by atoms with Crippen molar-refractivity contribution in [3.05, 3.63) is 53.9 Å². The third-order valence-electron chi connectivity index (χ3n) is 3.05. The average Bonchev–Trinajstić information content (AvgIpc) is 2.47. The van der Waals surface area contributed by atoms with Crippen molar-refractivity contribution in [2.45, 2.75) is 6.54 Å². The van der Waals surface area contributed by atoms with E-state index in [0.29, 0.717) is 12.2 Å². The summed E-state index contributed by atoms with van der Waals surface area (Å²) in [5.74, 6) is 0.798. The third-order valence-corrected chi connectivity index (χ3v) is 3.05. The number of ether oxygens (including phenoxy) is 1. The van der Waals surface area contributed by atoms with E-state index in [-0.39, 0.29) is 5.84 Å². The molecule has 0 radical (unpaired) electrons. The fourth-order valence-electron chi connectivity index (χ4n) is 2.00. The molecule has 0 unspecified atom stereocenters. The summed E-state index contributed by atoms with van der Waals surface area (Å²) in [6.07, 6.45) is 1.64. The van der Waals surface area contributed by atoms with Gasteiger partial charge in [0, 0.05) is 37.1 Å². The highest BCUT2D eigenvalue weighted by atomic mass is 16.5. The predicted octanol–water partition coefficient (Wildman–Crippen LogP) is 2.01. The molecule has 1 aromatic carbocycles. The van der Waals surface area contributed by atoms with E-state index >= 15 is 0 Å². The maximum atomic E-state index is 7.57. The molecule has 5 nitrogen and oxygen atoms in total. The lowest BCUT2D eigenvalue weighted by Crippen LogP contribution is -2.22. The number of nitrogens with one attached hydrogen (secondary N) is 1. The van der Waals surface area contributed by atoms with Crippen LogP contribution in [0, 0.1) is 5.41 Å². The van der Waals surface area contributed by atoms with Gasteiger partial charge in [-0.05, 0) is 18.2 Å². The van der Waals surface area contributed by atoms with E-state index < -0.39 is 0 Å². The van der Waals surface area contributed by atoms with Crippen molar-refractivity contribution < 1.29 is 4.74 Å². The van der Waals surface area contributed by atoms with Crippen molar-refractivity contribution in [3.8, 4) is 5.75 Å². The van der Waals surface area contributed by atoms with Crippen molar-refractivity contribution in [1.29, 1.82) is 5.41 Å². The van der Waals surface area contributed by atoms with Gasteiger partial charge in [0.2, 0.25) is 0 Å². The van der Waals surface area contributed by atoms with Crippen LogP contribution in [-0.4, -0.2) is 25.0 Å². The monoisotopic (exact) mass is 270 g/mol. The second kappa shape index (κ2) is 6.06. The summed E-state index contributed by atoms with van der Waals surface area (Å²) < 4.78 is 5.22. The fourth-order valence-corrected chi connectivity index (χ4v) is 2.00. The summed E-state index contributed by atoms with van der Waals surface area (Å²) in [5, 5.41) is 7.57. The van der Waals surface area contributed by atoms with Gasteiger partial charge in [-0.3, -0.25) is 10.4 Å². The fraction of sp³-hybridized carbons (Fsp3) is 0.200. The number of hydrogen-bond acceptors (Lipinski definition) is 4. The topological polar surface area (TPSA) is 75.2 Å². The van der Waals surface area contributed by atoms with Gasteiger partial charge in [-0.25, -0.2) is 0 Å². The zero-order valence-corrected chi connectivity index (χ0v) is 11.6. The smallest absolute Gasteiger partial charge is 0.142 e. The molecule has 1 aromatic heterocycles. The van der Waals surface area contributed by atoms with Crippen LogP contribution in [0.15, 0.2) is 42.6 Å². The number of benzene rings is 1. The second-order valence-electron chi connectivity index (χ2n) is 4.48. The minimum absolute atomic E-state index is 0.0142. The van der Waals surface area contributed by atoms with Gasteiger partial charge in [-0.15, -0.1) is 0 Å². The summed E-state index contributed by atoms with van der Waals surface area (Å²) in [7, 11) is 3.62. The van der Waals surface area contributed by atoms with E-state index in [1.54, 1.807) is 13.3 Å². The number of pyridine rings is 1. The van der Waals surface area contributed by atoms with Gasteiger partial charge >= 0.3 is 0 Å². The van der Waals surface area contributed by atoms with E-state index in [2.05, 4.69) is 9.88 Å². The number of nitrogen functional groups attached to an aromatic ring is 1. The Morgan fingerprint density at radius 2 is 2.15 bits per heavy atom. The van der Waals surface area contributed by atoms with Crippen LogP contribution in [0.4, 0.5) is 5.69 Å². The molecule has 0 aliphatic heterocycles. The molecule has 0 bridgehead atoms. The standard InChI is InChI=1S/C15H18N4O/c1-19(12-6-3-7-13(9-12)20-2)10-11-5-4-8-18-14(11)15(16)17/h3-9H,10H2,1-2H3,(H3,16,17). The van der Waals surface area contributed by atoms with E-state index in [9.17, 15) is 0 Å². The Bertz CT molecular complexity index is 612. The molecule has 0 fully saturated rings. The van der Waals surface area contributed by atoms with Gasteiger partial charge in [0.25, 0.3) is 0 Å². The molecule has 104 valence electrons. The van der Waals surface area contributed by atoms with Crippen LogP contribution in [0.1, 0.15) is 11.3 Å². The van der Waals surface area contributed by atoms with Gasteiger partial charge in [0.05, 0.1) is 7.11 Å². The maximum Gasteiger partial charge on any atom is 0.142 e. The number of rotatable bonds is 5. The van der Waals surface area contributed by atoms with E-state index in [1.807, 2.05) is 43.4 Å². The molecule has 0 atom stereocenters. The van der Waals surface area contributed by atoms with Crippen LogP contribution in [0.2, 0.25) is 0 Å². The van der Waals surface area contributed by atoms with Crippen molar-refractivity contribution in [2.24, 2.45) is 5.73 Å². The number of nitrogens with zero attached hydrogens (tertiary/aromatic N) is 2. The summed E-state index contributed by atoms with van der Waals surface area (Å²) in [6, 6.07) is 11.6. The Labute approximate surface area is 118 Å². The highest BCUT2D eigenvalue weighted by molar-refractivity contribution is 5.94. The first-order chi connectivity index (χ1) is 9.61. The Morgan fingerprint density at radius 3 is 2.85 bits per heavy atom. The van der Waals surface area contributed by atoms with Gasteiger partial charge in [-0.2, -0.15) is 0 Å². The Balaban J connectivity index is 2.23. The molecule has 0 saturated carbocycles. The van der Waals surface area contributed by atoms with E-state index in [4.69, 9.17) is 15.9 Å². The van der Waals surface area contributed by atoms with Crippen molar-refractivity contribution >= 4 is 11.5 Å². The molecule has 2 rings (SSSR count). The molecule has 5 heteroatoms. The molecule has 20 heavy (non-hydrogen) atoms. The lowest BCUT2D eigenvalue weighted by atomic mass is 10.1. The minimum Gasteiger partial charge on any atom is -0.497 e. The molecule has 1 heterocycles. The molecular weight excluding hydrogens is 252 g/mol. The van der Waals surface area contributed by atoms with Crippen LogP contribution in [0.3, 0.4) is 0 Å². The normalized spacial score (nSPS) is 10.1. The van der Waals surface area contributed by atoms with Crippen LogP contribution in [0.25, 0.3) is 0 Å². The van der Waals surface area contributed by atoms with Crippen molar-refractivity contribution in [1.82, 2.24) is 4.98 Å². The highest BCUT2D eigenvalue weighted by Gasteiger charge is 2.09. The first-order valence-corrected chi connectivity index (χ1v) is 6.25. The zero-order chi connectivity index (χ0) is 14.5. The van der Waals surface area contributed by atoms with Gasteiger partial charge in [0.1, 0.15) is 17.3 Å². The van der Waals surface area contributed by atoms with Gasteiger partial charge in [-0.1, -0.05) is 12.1 Å². The molecule has 0 spiro atoms. The Kier molecular flexibility index (Phi) is 4.20. The summed E-state index contributed by atoms with van der Waals surface area (Å²) in [6.45, 7) is 0.621. The first kappa shape index (κ1) is 13.9. The Hall–Kier alpha value is -2.56. The molecule has 0 aliphatic carbocycles. The lowest BCUT2D eigenvalue weighted by molar-refractivity contribution is 0.415.